The number of carbonyl (C=O) groups is 1. The molecule has 0 fully saturated rings. The van der Waals surface area contributed by atoms with Gasteiger partial charge < -0.3 is 4.74 Å². The number of allylic oxidation sites excluding steroid dienone is 1. The average molecular weight is 261 g/mol. The minimum atomic E-state index is -0.497. The van der Waals surface area contributed by atoms with Crippen molar-refractivity contribution in [3.05, 3.63) is 51.6 Å². The molecule has 0 bridgehead atoms. The van der Waals surface area contributed by atoms with Gasteiger partial charge in [0.1, 0.15) is 6.10 Å². The monoisotopic (exact) mass is 261 g/mol. The minimum Gasteiger partial charge on any atom is -0.454 e. The number of rotatable bonds is 3. The molecule has 2 rings (SSSR count). The van der Waals surface area contributed by atoms with Crippen LogP contribution in [0.4, 0.5) is 5.69 Å². The fraction of sp³-hybridized carbons (Fsp3) is 0.357. The van der Waals surface area contributed by atoms with Gasteiger partial charge in [0.25, 0.3) is 5.69 Å². The lowest BCUT2D eigenvalue weighted by atomic mass is 9.98. The number of non-ortho nitro benzene ring substituents is 1. The van der Waals surface area contributed by atoms with E-state index in [0.717, 1.165) is 24.8 Å². The first-order valence-corrected chi connectivity index (χ1v) is 6.20. The summed E-state index contributed by atoms with van der Waals surface area (Å²) in [4.78, 5) is 21.9. The van der Waals surface area contributed by atoms with Crippen LogP contribution in [0.15, 0.2) is 35.9 Å². The molecule has 1 atom stereocenters. The summed E-state index contributed by atoms with van der Waals surface area (Å²) in [5.41, 5.74) is 1.37. The van der Waals surface area contributed by atoms with Crippen LogP contribution in [0.25, 0.3) is 0 Å². The van der Waals surface area contributed by atoms with Crippen LogP contribution in [-0.2, 0) is 4.74 Å². The Morgan fingerprint density at radius 2 is 2.05 bits per heavy atom. The molecular weight excluding hydrogens is 246 g/mol. The van der Waals surface area contributed by atoms with Crippen LogP contribution in [0, 0.1) is 10.1 Å². The molecule has 0 aliphatic heterocycles. The molecule has 0 N–H and O–H groups in total. The van der Waals surface area contributed by atoms with E-state index in [-0.39, 0.29) is 11.8 Å². The van der Waals surface area contributed by atoms with Gasteiger partial charge >= 0.3 is 5.97 Å². The van der Waals surface area contributed by atoms with Crippen molar-refractivity contribution in [1.29, 1.82) is 0 Å². The summed E-state index contributed by atoms with van der Waals surface area (Å²) in [6.07, 6.45) is 4.78. The van der Waals surface area contributed by atoms with Crippen molar-refractivity contribution in [2.45, 2.75) is 32.3 Å². The van der Waals surface area contributed by atoms with Crippen molar-refractivity contribution in [1.82, 2.24) is 0 Å². The molecule has 5 heteroatoms. The second-order valence-corrected chi connectivity index (χ2v) is 4.58. The molecule has 0 amide bonds. The van der Waals surface area contributed by atoms with E-state index in [2.05, 4.69) is 6.08 Å². The fourth-order valence-electron chi connectivity index (χ4n) is 2.06. The Kier molecular flexibility index (Phi) is 3.94. The molecule has 0 heterocycles. The zero-order valence-electron chi connectivity index (χ0n) is 10.7. The van der Waals surface area contributed by atoms with Gasteiger partial charge in [0.05, 0.1) is 10.5 Å². The van der Waals surface area contributed by atoms with Crippen LogP contribution < -0.4 is 0 Å². The zero-order valence-corrected chi connectivity index (χ0v) is 10.7. The molecule has 0 saturated carbocycles. The predicted molar refractivity (Wildman–Crippen MR) is 69.9 cm³/mol. The lowest BCUT2D eigenvalue weighted by molar-refractivity contribution is -0.384. The Balaban J connectivity index is 2.05. The second-order valence-electron chi connectivity index (χ2n) is 4.58. The maximum atomic E-state index is 11.9. The summed E-state index contributed by atoms with van der Waals surface area (Å²) in [5.74, 6) is -0.436. The predicted octanol–water partition coefficient (Wildman–Crippen LogP) is 3.25. The van der Waals surface area contributed by atoms with E-state index < -0.39 is 10.9 Å². The molecule has 0 spiro atoms. The van der Waals surface area contributed by atoms with Crippen LogP contribution in [0.2, 0.25) is 0 Å². The topological polar surface area (TPSA) is 69.4 Å². The van der Waals surface area contributed by atoms with Crippen molar-refractivity contribution in [2.24, 2.45) is 0 Å². The molecular formula is C14H15NO4. The van der Waals surface area contributed by atoms with Crippen LogP contribution >= 0.6 is 0 Å². The highest BCUT2D eigenvalue weighted by atomic mass is 16.6. The normalized spacial score (nSPS) is 18.6. The molecule has 19 heavy (non-hydrogen) atoms. The first kappa shape index (κ1) is 13.3. The Bertz CT molecular complexity index is 519. The summed E-state index contributed by atoms with van der Waals surface area (Å²) in [5, 5.41) is 10.5. The highest BCUT2D eigenvalue weighted by molar-refractivity contribution is 5.89. The Morgan fingerprint density at radius 1 is 1.37 bits per heavy atom. The number of carbonyl (C=O) groups excluding carboxylic acids is 1. The molecule has 100 valence electrons. The maximum Gasteiger partial charge on any atom is 0.338 e. The van der Waals surface area contributed by atoms with Crippen molar-refractivity contribution in [2.75, 3.05) is 0 Å². The van der Waals surface area contributed by atoms with Crippen LogP contribution in [0.1, 0.15) is 36.5 Å². The van der Waals surface area contributed by atoms with Crippen molar-refractivity contribution in [3.8, 4) is 0 Å². The summed E-state index contributed by atoms with van der Waals surface area (Å²) in [6.45, 7) is 1.95. The van der Waals surface area contributed by atoms with Gasteiger partial charge in [0.2, 0.25) is 0 Å². The highest BCUT2D eigenvalue weighted by Crippen LogP contribution is 2.22. The fourth-order valence-corrected chi connectivity index (χ4v) is 2.06. The number of benzene rings is 1. The number of nitrogens with zero attached hydrogens (tertiary/aromatic N) is 1. The van der Waals surface area contributed by atoms with Gasteiger partial charge in [-0.3, -0.25) is 10.1 Å². The molecule has 0 radical (unpaired) electrons. The number of nitro groups is 1. The third-order valence-electron chi connectivity index (χ3n) is 3.21. The van der Waals surface area contributed by atoms with Crippen molar-refractivity contribution in [3.63, 3.8) is 0 Å². The van der Waals surface area contributed by atoms with E-state index in [1.54, 1.807) is 0 Å². The van der Waals surface area contributed by atoms with E-state index in [4.69, 9.17) is 4.74 Å². The summed E-state index contributed by atoms with van der Waals surface area (Å²) >= 11 is 0. The van der Waals surface area contributed by atoms with Gasteiger partial charge in [-0.15, -0.1) is 0 Å². The maximum absolute atomic E-state index is 11.9. The van der Waals surface area contributed by atoms with E-state index in [9.17, 15) is 14.9 Å². The SMILES string of the molecule is CC1=CCCCC1OC(=O)c1ccc([N+](=O)[O-])cc1. The first-order valence-electron chi connectivity index (χ1n) is 6.20. The van der Waals surface area contributed by atoms with Gasteiger partial charge in [-0.25, -0.2) is 4.79 Å². The number of hydrogen-bond donors (Lipinski definition) is 0. The molecule has 1 aromatic rings. The lowest BCUT2D eigenvalue weighted by Crippen LogP contribution is -2.21. The second kappa shape index (κ2) is 5.65. The van der Waals surface area contributed by atoms with Gasteiger partial charge in [-0.2, -0.15) is 0 Å². The third kappa shape index (κ3) is 3.19. The molecule has 1 aliphatic carbocycles. The largest absolute Gasteiger partial charge is 0.454 e. The van der Waals surface area contributed by atoms with E-state index >= 15 is 0 Å². The number of ether oxygens (including phenoxy) is 1. The van der Waals surface area contributed by atoms with Crippen molar-refractivity contribution >= 4 is 11.7 Å². The standard InChI is InChI=1S/C14H15NO4/c1-10-4-2-3-5-13(10)19-14(16)11-6-8-12(9-7-11)15(17)18/h4,6-9,13H,2-3,5H2,1H3. The first-order chi connectivity index (χ1) is 9.08. The van der Waals surface area contributed by atoms with Crippen molar-refractivity contribution < 1.29 is 14.5 Å². The molecule has 1 unspecified atom stereocenters. The van der Waals surface area contributed by atoms with Gasteiger partial charge in [-0.1, -0.05) is 6.08 Å². The molecule has 0 aromatic heterocycles. The minimum absolute atomic E-state index is 0.0368. The lowest BCUT2D eigenvalue weighted by Gasteiger charge is -2.22. The molecule has 1 aliphatic rings. The number of hydrogen-bond acceptors (Lipinski definition) is 4. The van der Waals surface area contributed by atoms with Gasteiger partial charge in [0.15, 0.2) is 0 Å². The van der Waals surface area contributed by atoms with Crippen LogP contribution in [-0.4, -0.2) is 17.0 Å². The van der Waals surface area contributed by atoms with Crippen LogP contribution in [0.3, 0.4) is 0 Å². The average Bonchev–Trinajstić information content (AvgIpc) is 2.41. The quantitative estimate of drug-likeness (QED) is 0.362. The number of esters is 1. The van der Waals surface area contributed by atoms with Gasteiger partial charge in [0, 0.05) is 12.1 Å². The van der Waals surface area contributed by atoms with E-state index in [0.29, 0.717) is 5.56 Å². The molecule has 5 nitrogen and oxygen atoms in total. The Morgan fingerprint density at radius 3 is 2.63 bits per heavy atom. The number of nitro benzene ring substituents is 1. The van der Waals surface area contributed by atoms with Crippen LogP contribution in [0.5, 0.6) is 0 Å². The smallest absolute Gasteiger partial charge is 0.338 e. The van der Waals surface area contributed by atoms with Gasteiger partial charge in [-0.05, 0) is 43.9 Å². The Hall–Kier alpha value is -2.17. The Labute approximate surface area is 111 Å². The third-order valence-corrected chi connectivity index (χ3v) is 3.21. The molecule has 0 saturated heterocycles. The summed E-state index contributed by atoms with van der Waals surface area (Å²) in [7, 11) is 0. The summed E-state index contributed by atoms with van der Waals surface area (Å²) < 4.78 is 5.41. The van der Waals surface area contributed by atoms with E-state index in [1.165, 1.54) is 24.3 Å². The highest BCUT2D eigenvalue weighted by Gasteiger charge is 2.20. The summed E-state index contributed by atoms with van der Waals surface area (Å²) in [6, 6.07) is 5.45. The van der Waals surface area contributed by atoms with E-state index in [1.807, 2.05) is 6.92 Å². The zero-order chi connectivity index (χ0) is 13.8. The molecule has 1 aromatic carbocycles.